The molecular formula is C27H39ClN8O2. The van der Waals surface area contributed by atoms with Crippen LogP contribution in [0.5, 0.6) is 5.75 Å². The van der Waals surface area contributed by atoms with E-state index in [0.717, 1.165) is 67.2 Å². The zero-order valence-corrected chi connectivity index (χ0v) is 23.2. The van der Waals surface area contributed by atoms with E-state index in [-0.39, 0.29) is 18.1 Å². The Morgan fingerprint density at radius 3 is 2.66 bits per heavy atom. The number of aromatic nitrogens is 7. The highest BCUT2D eigenvalue weighted by Gasteiger charge is 2.25. The number of aryl methyl sites for hydroxylation is 1. The fraction of sp³-hybridized carbons (Fsp3) is 0.593. The topological polar surface area (TPSA) is 118 Å². The Kier molecular flexibility index (Phi) is 9.74. The molecule has 0 amide bonds. The van der Waals surface area contributed by atoms with Crippen molar-refractivity contribution in [3.05, 3.63) is 40.6 Å². The quantitative estimate of drug-likeness (QED) is 0.250. The van der Waals surface area contributed by atoms with Gasteiger partial charge in [0.05, 0.1) is 23.7 Å². The van der Waals surface area contributed by atoms with E-state index in [1.807, 2.05) is 24.3 Å². The van der Waals surface area contributed by atoms with Gasteiger partial charge in [-0.05, 0) is 72.7 Å². The molecular weight excluding hydrogens is 504 g/mol. The van der Waals surface area contributed by atoms with Gasteiger partial charge in [0.2, 0.25) is 0 Å². The molecule has 0 bridgehead atoms. The lowest BCUT2D eigenvalue weighted by atomic mass is 9.96. The van der Waals surface area contributed by atoms with Crippen LogP contribution in [0.4, 0.5) is 0 Å². The molecule has 0 spiro atoms. The zero-order valence-electron chi connectivity index (χ0n) is 22.4. The molecule has 11 heteroatoms. The molecule has 10 nitrogen and oxygen atoms in total. The number of pyridine rings is 1. The average Bonchev–Trinajstić information content (AvgIpc) is 3.51. The summed E-state index contributed by atoms with van der Waals surface area (Å²) in [5.41, 5.74) is 1.81. The third-order valence-electron chi connectivity index (χ3n) is 7.45. The standard InChI is InChI=1S/C27H38N8O2.ClH/c1-3-6-19(7-4-2)18-34-13-11-21(12-14-34)35-25(31-32-33-35)8-5-15-37-22-9-10-23-20(16-22)17-24-26(28-23)30-27(36)29-24;/h9-10,16-17,19,21H,3-8,11-15,18H2,1-2H3,(H2,28,29,30,36);1H. The number of nitrogens with zero attached hydrogens (tertiary/aromatic N) is 6. The molecule has 1 fully saturated rings. The van der Waals surface area contributed by atoms with Crippen molar-refractivity contribution in [2.75, 3.05) is 26.2 Å². The van der Waals surface area contributed by atoms with E-state index < -0.39 is 0 Å². The molecule has 0 unspecified atom stereocenters. The summed E-state index contributed by atoms with van der Waals surface area (Å²) in [7, 11) is 0. The summed E-state index contributed by atoms with van der Waals surface area (Å²) in [4.78, 5) is 24.1. The molecule has 4 heterocycles. The minimum Gasteiger partial charge on any atom is -0.494 e. The van der Waals surface area contributed by atoms with Gasteiger partial charge in [0.1, 0.15) is 5.75 Å². The van der Waals surface area contributed by atoms with Crippen molar-refractivity contribution in [3.8, 4) is 5.75 Å². The van der Waals surface area contributed by atoms with Crippen molar-refractivity contribution in [3.63, 3.8) is 0 Å². The van der Waals surface area contributed by atoms with E-state index in [1.165, 1.54) is 32.2 Å². The molecule has 5 rings (SSSR count). The van der Waals surface area contributed by atoms with E-state index in [2.05, 4.69) is 53.9 Å². The smallest absolute Gasteiger partial charge is 0.325 e. The number of hydrogen-bond acceptors (Lipinski definition) is 7. The maximum atomic E-state index is 11.5. The van der Waals surface area contributed by atoms with Crippen LogP contribution >= 0.6 is 12.4 Å². The summed E-state index contributed by atoms with van der Waals surface area (Å²) >= 11 is 0. The van der Waals surface area contributed by atoms with Crippen LogP contribution in [0.25, 0.3) is 22.1 Å². The second kappa shape index (κ2) is 13.2. The fourth-order valence-electron chi connectivity index (χ4n) is 5.63. The van der Waals surface area contributed by atoms with Crippen LogP contribution in [-0.4, -0.2) is 66.3 Å². The van der Waals surface area contributed by atoms with Crippen LogP contribution in [-0.2, 0) is 6.42 Å². The third-order valence-corrected chi connectivity index (χ3v) is 7.45. The number of likely N-dealkylation sites (tertiary alicyclic amines) is 1. The highest BCUT2D eigenvalue weighted by molar-refractivity contribution is 5.90. The number of halogens is 1. The molecule has 3 aromatic heterocycles. The Bertz CT molecular complexity index is 1350. The van der Waals surface area contributed by atoms with Crippen molar-refractivity contribution in [1.29, 1.82) is 0 Å². The Labute approximate surface area is 229 Å². The van der Waals surface area contributed by atoms with Crippen molar-refractivity contribution < 1.29 is 4.74 Å². The summed E-state index contributed by atoms with van der Waals surface area (Å²) in [5.74, 6) is 2.55. The zero-order chi connectivity index (χ0) is 25.6. The second-order valence-corrected chi connectivity index (χ2v) is 10.3. The molecule has 1 aliphatic heterocycles. The Morgan fingerprint density at radius 1 is 1.11 bits per heavy atom. The van der Waals surface area contributed by atoms with Crippen LogP contribution < -0.4 is 10.4 Å². The fourth-order valence-corrected chi connectivity index (χ4v) is 5.63. The number of rotatable bonds is 12. The lowest BCUT2D eigenvalue weighted by Crippen LogP contribution is -2.38. The van der Waals surface area contributed by atoms with E-state index >= 15 is 0 Å². The molecule has 0 radical (unpaired) electrons. The highest BCUT2D eigenvalue weighted by Crippen LogP contribution is 2.26. The van der Waals surface area contributed by atoms with Gasteiger partial charge in [-0.3, -0.25) is 4.98 Å². The van der Waals surface area contributed by atoms with Crippen molar-refractivity contribution in [1.82, 2.24) is 40.1 Å². The first-order valence-corrected chi connectivity index (χ1v) is 13.8. The average molecular weight is 543 g/mol. The van der Waals surface area contributed by atoms with Gasteiger partial charge in [-0.2, -0.15) is 0 Å². The third kappa shape index (κ3) is 6.71. The first-order chi connectivity index (χ1) is 18.1. The van der Waals surface area contributed by atoms with Crippen LogP contribution in [0.3, 0.4) is 0 Å². The predicted octanol–water partition coefficient (Wildman–Crippen LogP) is 4.68. The molecule has 0 atom stereocenters. The first kappa shape index (κ1) is 28.0. The maximum absolute atomic E-state index is 11.5. The Morgan fingerprint density at radius 2 is 1.89 bits per heavy atom. The lowest BCUT2D eigenvalue weighted by molar-refractivity contribution is 0.148. The van der Waals surface area contributed by atoms with Gasteiger partial charge in [-0.15, -0.1) is 17.5 Å². The first-order valence-electron chi connectivity index (χ1n) is 13.8. The van der Waals surface area contributed by atoms with Gasteiger partial charge >= 0.3 is 5.69 Å². The minimum atomic E-state index is -0.255. The minimum absolute atomic E-state index is 0. The van der Waals surface area contributed by atoms with Crippen molar-refractivity contribution >= 4 is 34.5 Å². The molecule has 1 saturated heterocycles. The van der Waals surface area contributed by atoms with Crippen LogP contribution in [0.2, 0.25) is 0 Å². The van der Waals surface area contributed by atoms with E-state index in [4.69, 9.17) is 4.74 Å². The van der Waals surface area contributed by atoms with Gasteiger partial charge in [0.15, 0.2) is 11.5 Å². The molecule has 0 saturated carbocycles. The number of tetrazole rings is 1. The largest absolute Gasteiger partial charge is 0.494 e. The summed E-state index contributed by atoms with van der Waals surface area (Å²) in [6.45, 7) is 8.64. The van der Waals surface area contributed by atoms with Crippen molar-refractivity contribution in [2.24, 2.45) is 5.92 Å². The number of aromatic amines is 2. The summed E-state index contributed by atoms with van der Waals surface area (Å²) < 4.78 is 8.07. The van der Waals surface area contributed by atoms with E-state index in [9.17, 15) is 4.79 Å². The van der Waals surface area contributed by atoms with E-state index in [0.29, 0.717) is 23.8 Å². The Balaban J connectivity index is 0.00000336. The number of benzene rings is 1. The number of H-pyrrole nitrogens is 2. The highest BCUT2D eigenvalue weighted by atomic mass is 35.5. The van der Waals surface area contributed by atoms with Crippen LogP contribution in [0.15, 0.2) is 29.1 Å². The lowest BCUT2D eigenvalue weighted by Gasteiger charge is -2.34. The number of hydrogen-bond donors (Lipinski definition) is 2. The molecule has 2 N–H and O–H groups in total. The molecule has 1 aromatic carbocycles. The second-order valence-electron chi connectivity index (χ2n) is 10.3. The maximum Gasteiger partial charge on any atom is 0.325 e. The van der Waals surface area contributed by atoms with E-state index in [1.54, 1.807) is 0 Å². The molecule has 4 aromatic rings. The summed E-state index contributed by atoms with van der Waals surface area (Å²) in [6.07, 6.45) is 9.03. The number of nitrogens with one attached hydrogen (secondary N) is 2. The monoisotopic (exact) mass is 542 g/mol. The van der Waals surface area contributed by atoms with Crippen LogP contribution in [0, 0.1) is 5.92 Å². The number of piperidine rings is 1. The molecule has 0 aliphatic carbocycles. The molecule has 38 heavy (non-hydrogen) atoms. The summed E-state index contributed by atoms with van der Waals surface area (Å²) in [6, 6.07) is 8.07. The molecule has 1 aliphatic rings. The van der Waals surface area contributed by atoms with Gasteiger partial charge in [-0.25, -0.2) is 14.5 Å². The molecule has 206 valence electrons. The normalized spacial score (nSPS) is 14.9. The van der Waals surface area contributed by atoms with Gasteiger partial charge < -0.3 is 14.6 Å². The number of imidazole rings is 1. The SMILES string of the molecule is CCCC(CCC)CN1CCC(n2nnnc2CCCOc2ccc3nc4[nH]c(=O)[nH]c4cc3c2)CC1.Cl. The van der Waals surface area contributed by atoms with Crippen molar-refractivity contribution in [2.45, 2.75) is 71.3 Å². The predicted molar refractivity (Wildman–Crippen MR) is 151 cm³/mol. The van der Waals surface area contributed by atoms with Gasteiger partial charge in [-0.1, -0.05) is 26.7 Å². The van der Waals surface area contributed by atoms with Gasteiger partial charge in [0, 0.05) is 31.4 Å². The van der Waals surface area contributed by atoms with Crippen LogP contribution in [0.1, 0.15) is 70.7 Å². The van der Waals surface area contributed by atoms with Gasteiger partial charge in [0.25, 0.3) is 0 Å². The number of ether oxygens (including phenoxy) is 1. The summed E-state index contributed by atoms with van der Waals surface area (Å²) in [5, 5.41) is 13.6. The Hall–Kier alpha value is -2.98. The number of fused-ring (bicyclic) bond motifs is 2.